The van der Waals surface area contributed by atoms with Gasteiger partial charge < -0.3 is 0 Å². The van der Waals surface area contributed by atoms with Crippen molar-refractivity contribution in [1.82, 2.24) is 5.32 Å². The Morgan fingerprint density at radius 2 is 1.81 bits per heavy atom. The summed E-state index contributed by atoms with van der Waals surface area (Å²) in [6, 6.07) is 14.7. The molecule has 158 valence electrons. The number of benzene rings is 2. The van der Waals surface area contributed by atoms with Gasteiger partial charge in [0.1, 0.15) is 0 Å². The third-order valence-electron chi connectivity index (χ3n) is 4.39. The number of alkyl halides is 3. The molecule has 3 aromatic rings. The van der Waals surface area contributed by atoms with Crippen molar-refractivity contribution in [3.8, 4) is 6.15 Å². The summed E-state index contributed by atoms with van der Waals surface area (Å²) in [5.41, 5.74) is -0.459. The molecule has 0 fully saturated rings. The first-order chi connectivity index (χ1) is 14.8. The number of nitrogens with one attached hydrogen (secondary N) is 1. The molecule has 5 nitrogen and oxygen atoms in total. The van der Waals surface area contributed by atoms with E-state index in [9.17, 15) is 27.4 Å². The van der Waals surface area contributed by atoms with Crippen molar-refractivity contribution < 1.29 is 27.4 Å². The summed E-state index contributed by atoms with van der Waals surface area (Å²) in [6.07, 6.45) is -3.49. The molecule has 0 aliphatic carbocycles. The van der Waals surface area contributed by atoms with Gasteiger partial charge in [0.05, 0.1) is 0 Å². The van der Waals surface area contributed by atoms with Crippen LogP contribution in [0.15, 0.2) is 72.1 Å². The number of nitrogens with zero attached hydrogens (tertiary/aromatic N) is 1. The average molecular weight is 445 g/mol. The molecule has 2 aromatic carbocycles. The summed E-state index contributed by atoms with van der Waals surface area (Å²) in [6.45, 7) is 0.136. The van der Waals surface area contributed by atoms with Crippen molar-refractivity contribution in [2.24, 2.45) is 0 Å². The van der Waals surface area contributed by atoms with Crippen LogP contribution < -0.4 is 10.2 Å². The predicted octanol–water partition coefficient (Wildman–Crippen LogP) is 4.55. The molecule has 0 spiro atoms. The molecule has 0 aliphatic rings. The molecule has 3 rings (SSSR count). The zero-order valence-electron chi connectivity index (χ0n) is 15.9. The summed E-state index contributed by atoms with van der Waals surface area (Å²) in [7, 11) is 0. The molecule has 1 heterocycles. The van der Waals surface area contributed by atoms with Crippen molar-refractivity contribution in [1.29, 1.82) is 0 Å². The van der Waals surface area contributed by atoms with Crippen LogP contribution in [0.3, 0.4) is 0 Å². The Balaban J connectivity index is 2.01. The van der Waals surface area contributed by atoms with E-state index in [1.165, 1.54) is 12.2 Å². The Morgan fingerprint density at radius 1 is 1.06 bits per heavy atom. The first-order valence-corrected chi connectivity index (χ1v) is 9.93. The van der Waals surface area contributed by atoms with E-state index in [0.717, 1.165) is 40.0 Å². The summed E-state index contributed by atoms with van der Waals surface area (Å²) >= 11 is 1.13. The fourth-order valence-corrected chi connectivity index (χ4v) is 3.78. The second-order valence-electron chi connectivity index (χ2n) is 6.45. The predicted molar refractivity (Wildman–Crippen MR) is 109 cm³/mol. The fourth-order valence-electron chi connectivity index (χ4n) is 2.97. The Kier molecular flexibility index (Phi) is 6.91. The van der Waals surface area contributed by atoms with Gasteiger partial charge in [0, 0.05) is 0 Å². The van der Waals surface area contributed by atoms with Gasteiger partial charge in [0.15, 0.2) is 0 Å². The molecule has 2 amide bonds. The third kappa shape index (κ3) is 5.40. The second kappa shape index (κ2) is 9.61. The Labute approximate surface area is 179 Å². The number of hydrogen-bond donors (Lipinski definition) is 1. The minimum absolute atomic E-state index is 0.136. The topological polar surface area (TPSA) is 69.3 Å². The van der Waals surface area contributed by atoms with Crippen LogP contribution in [-0.2, 0) is 27.0 Å². The number of carbonyl (C=O) groups excluding carboxylic acids is 2. The average Bonchev–Trinajstić information content (AvgIpc) is 3.29. The van der Waals surface area contributed by atoms with Crippen molar-refractivity contribution in [3.05, 3.63) is 88.1 Å². The Bertz CT molecular complexity index is 1090. The van der Waals surface area contributed by atoms with Crippen LogP contribution in [0.4, 0.5) is 18.9 Å². The van der Waals surface area contributed by atoms with Gasteiger partial charge in [-0.25, -0.2) is 0 Å². The van der Waals surface area contributed by atoms with E-state index in [0.29, 0.717) is 4.88 Å². The van der Waals surface area contributed by atoms with Crippen LogP contribution in [0.25, 0.3) is 0 Å². The maximum atomic E-state index is 13.2. The van der Waals surface area contributed by atoms with Gasteiger partial charge in [-0.15, -0.1) is 0 Å². The van der Waals surface area contributed by atoms with Gasteiger partial charge in [-0.1, -0.05) is 0 Å². The quantitative estimate of drug-likeness (QED) is 0.566. The van der Waals surface area contributed by atoms with Crippen LogP contribution in [0, 0.1) is 6.15 Å². The Hall–Kier alpha value is -3.39. The maximum absolute atomic E-state index is 13.2. The van der Waals surface area contributed by atoms with Gasteiger partial charge in [-0.2, -0.15) is 0 Å². The third-order valence-corrected chi connectivity index (χ3v) is 5.31. The van der Waals surface area contributed by atoms with Gasteiger partial charge in [0.2, 0.25) is 0 Å². The molecule has 0 aliphatic heterocycles. The van der Waals surface area contributed by atoms with Crippen LogP contribution in [0.1, 0.15) is 22.0 Å². The first kappa shape index (κ1) is 22.3. The van der Waals surface area contributed by atoms with E-state index in [-0.39, 0.29) is 12.2 Å². The summed E-state index contributed by atoms with van der Waals surface area (Å²) < 4.78 is 50.8. The van der Waals surface area contributed by atoms with E-state index < -0.39 is 29.6 Å². The first-order valence-electron chi connectivity index (χ1n) is 9.05. The van der Waals surface area contributed by atoms with Gasteiger partial charge in [0.25, 0.3) is 0 Å². The van der Waals surface area contributed by atoms with E-state index in [1.807, 2.05) is 6.07 Å². The van der Waals surface area contributed by atoms with Gasteiger partial charge in [-0.05, 0) is 0 Å². The van der Waals surface area contributed by atoms with E-state index in [2.05, 4.69) is 5.32 Å². The molecule has 1 aromatic heterocycles. The van der Waals surface area contributed by atoms with Crippen LogP contribution in [0.5, 0.6) is 0 Å². The molecule has 1 atom stereocenters. The van der Waals surface area contributed by atoms with Crippen LogP contribution >= 0.6 is 11.3 Å². The second-order valence-corrected chi connectivity index (χ2v) is 7.43. The van der Waals surface area contributed by atoms with E-state index in [4.69, 9.17) is 0 Å². The van der Waals surface area contributed by atoms with Gasteiger partial charge >= 0.3 is 179 Å². The SMILES string of the molecule is O=C(NCc1ccccc1)C(c1cccs1)N(C(=O)C#[O+])c1cccc(C(F)(F)F)c1. The summed E-state index contributed by atoms with van der Waals surface area (Å²) in [4.78, 5) is 26.6. The van der Waals surface area contributed by atoms with Crippen LogP contribution in [-0.4, -0.2) is 11.8 Å². The molecule has 1 N–H and O–H groups in total. The molecular weight excluding hydrogens is 429 g/mol. The van der Waals surface area contributed by atoms with Crippen molar-refractivity contribution in [3.63, 3.8) is 0 Å². The normalized spacial score (nSPS) is 11.9. The monoisotopic (exact) mass is 445 g/mol. The Morgan fingerprint density at radius 3 is 2.42 bits per heavy atom. The number of rotatable bonds is 6. The molecule has 0 saturated carbocycles. The number of halogens is 3. The molecule has 0 radical (unpaired) electrons. The number of thiophene rings is 1. The molecule has 1 unspecified atom stereocenters. The van der Waals surface area contributed by atoms with E-state index in [1.54, 1.807) is 41.8 Å². The number of carbonyl (C=O) groups is 2. The number of anilines is 1. The zero-order chi connectivity index (χ0) is 22.4. The van der Waals surface area contributed by atoms with Gasteiger partial charge in [-0.3, -0.25) is 0 Å². The molecule has 0 saturated heterocycles. The number of amides is 2. The summed E-state index contributed by atoms with van der Waals surface area (Å²) in [5.74, 6) is -1.90. The van der Waals surface area contributed by atoms with E-state index >= 15 is 0 Å². The molecule has 31 heavy (non-hydrogen) atoms. The molecule has 9 heteroatoms. The molecule has 0 bridgehead atoms. The van der Waals surface area contributed by atoms with Crippen molar-refractivity contribution in [2.75, 3.05) is 4.90 Å². The van der Waals surface area contributed by atoms with Crippen LogP contribution in [0.2, 0.25) is 0 Å². The number of hydrogen-bond acceptors (Lipinski definition) is 3. The zero-order valence-corrected chi connectivity index (χ0v) is 16.7. The molecular formula is C22H16F3N2O3S+. The fraction of sp³-hybridized carbons (Fsp3) is 0.136. The van der Waals surface area contributed by atoms with Crippen molar-refractivity contribution >= 4 is 28.8 Å². The van der Waals surface area contributed by atoms with Crippen molar-refractivity contribution in [2.45, 2.75) is 18.8 Å². The standard InChI is InChI=1S/C22H15F3N2O3S/c23-22(24,25)16-8-4-9-17(12-16)27(19(29)14-28)20(18-10-5-11-31-18)21(30)26-13-15-6-2-1-3-7-15/h1-12,20H,13H2/p+1. The minimum atomic E-state index is -4.66. The summed E-state index contributed by atoms with van der Waals surface area (Å²) in [5, 5.41) is 4.34.